The number of rotatable bonds is 4. The van der Waals surface area contributed by atoms with Crippen molar-refractivity contribution in [3.63, 3.8) is 0 Å². The van der Waals surface area contributed by atoms with Gasteiger partial charge in [0.1, 0.15) is 0 Å². The van der Waals surface area contributed by atoms with Crippen molar-refractivity contribution in [1.29, 1.82) is 0 Å². The van der Waals surface area contributed by atoms with Gasteiger partial charge in [0.25, 0.3) is 0 Å². The quantitative estimate of drug-likeness (QED) is 0.870. The highest BCUT2D eigenvalue weighted by atomic mass is 16.2. The Morgan fingerprint density at radius 2 is 1.65 bits per heavy atom. The number of carbonyl (C=O) groups excluding carboxylic acids is 1. The molecule has 0 unspecified atom stereocenters. The third-order valence-electron chi connectivity index (χ3n) is 2.92. The maximum atomic E-state index is 11.8. The van der Waals surface area contributed by atoms with Crippen LogP contribution in [0.3, 0.4) is 0 Å². The van der Waals surface area contributed by atoms with E-state index < -0.39 is 0 Å². The highest BCUT2D eigenvalue weighted by Crippen LogP contribution is 2.19. The second kappa shape index (κ2) is 6.75. The second-order valence-electron chi connectivity index (χ2n) is 5.07. The van der Waals surface area contributed by atoms with Crippen LogP contribution in [-0.2, 0) is 6.42 Å². The van der Waals surface area contributed by atoms with E-state index in [1.807, 2.05) is 56.3 Å². The maximum absolute atomic E-state index is 11.8. The van der Waals surface area contributed by atoms with Crippen LogP contribution in [0.5, 0.6) is 0 Å². The van der Waals surface area contributed by atoms with Crippen molar-refractivity contribution in [2.75, 3.05) is 5.32 Å². The van der Waals surface area contributed by atoms with Crippen molar-refractivity contribution in [2.45, 2.75) is 26.3 Å². The van der Waals surface area contributed by atoms with E-state index >= 15 is 0 Å². The summed E-state index contributed by atoms with van der Waals surface area (Å²) < 4.78 is 0. The third-order valence-corrected chi connectivity index (χ3v) is 2.92. The summed E-state index contributed by atoms with van der Waals surface area (Å²) in [6.07, 6.45) is 0.805. The number of amides is 2. The van der Waals surface area contributed by atoms with Crippen LogP contribution < -0.4 is 10.6 Å². The molecule has 0 aliphatic rings. The summed E-state index contributed by atoms with van der Waals surface area (Å²) in [4.78, 5) is 11.8. The van der Waals surface area contributed by atoms with E-state index in [0.717, 1.165) is 17.7 Å². The summed E-state index contributed by atoms with van der Waals surface area (Å²) in [6, 6.07) is 18.1. The minimum Gasteiger partial charge on any atom is -0.336 e. The Labute approximate surface area is 120 Å². The lowest BCUT2D eigenvalue weighted by Gasteiger charge is -2.13. The number of anilines is 1. The fraction of sp³-hybridized carbons (Fsp3) is 0.235. The molecule has 0 spiro atoms. The van der Waals surface area contributed by atoms with Crippen molar-refractivity contribution >= 4 is 11.7 Å². The molecule has 0 heterocycles. The highest BCUT2D eigenvalue weighted by molar-refractivity contribution is 5.90. The van der Waals surface area contributed by atoms with Crippen LogP contribution in [-0.4, -0.2) is 12.1 Å². The van der Waals surface area contributed by atoms with Gasteiger partial charge in [-0.2, -0.15) is 0 Å². The lowest BCUT2D eigenvalue weighted by atomic mass is 10.0. The van der Waals surface area contributed by atoms with Gasteiger partial charge in [0.2, 0.25) is 0 Å². The SMILES string of the molecule is CC(C)NC(=O)Nc1ccccc1Cc1ccccc1. The van der Waals surface area contributed by atoms with Gasteiger partial charge in [-0.25, -0.2) is 4.79 Å². The number of carbonyl (C=O) groups is 1. The Kier molecular flexibility index (Phi) is 4.77. The number of para-hydroxylation sites is 1. The standard InChI is InChI=1S/C17H20N2O/c1-13(2)18-17(20)19-16-11-7-6-10-15(16)12-14-8-4-3-5-9-14/h3-11,13H,12H2,1-2H3,(H2,18,19,20). The third kappa shape index (κ3) is 4.12. The average molecular weight is 268 g/mol. The van der Waals surface area contributed by atoms with Crippen LogP contribution in [0.2, 0.25) is 0 Å². The van der Waals surface area contributed by atoms with Gasteiger partial charge < -0.3 is 10.6 Å². The van der Waals surface area contributed by atoms with Gasteiger partial charge >= 0.3 is 6.03 Å². The number of urea groups is 1. The second-order valence-corrected chi connectivity index (χ2v) is 5.07. The molecule has 0 saturated heterocycles. The van der Waals surface area contributed by atoms with Gasteiger partial charge in [0.15, 0.2) is 0 Å². The molecular formula is C17H20N2O. The molecule has 2 N–H and O–H groups in total. The predicted octanol–water partition coefficient (Wildman–Crippen LogP) is 3.81. The minimum atomic E-state index is -0.166. The molecule has 0 aliphatic heterocycles. The molecule has 3 heteroatoms. The van der Waals surface area contributed by atoms with Crippen molar-refractivity contribution in [3.8, 4) is 0 Å². The van der Waals surface area contributed by atoms with Crippen LogP contribution in [0, 0.1) is 0 Å². The van der Waals surface area contributed by atoms with Crippen molar-refractivity contribution in [1.82, 2.24) is 5.32 Å². The summed E-state index contributed by atoms with van der Waals surface area (Å²) in [5, 5.41) is 5.74. The van der Waals surface area contributed by atoms with Crippen LogP contribution in [0.4, 0.5) is 10.5 Å². The van der Waals surface area contributed by atoms with Crippen molar-refractivity contribution in [2.24, 2.45) is 0 Å². The van der Waals surface area contributed by atoms with Gasteiger partial charge in [-0.05, 0) is 37.5 Å². The summed E-state index contributed by atoms with van der Waals surface area (Å²) in [5.74, 6) is 0. The summed E-state index contributed by atoms with van der Waals surface area (Å²) >= 11 is 0. The van der Waals surface area contributed by atoms with Gasteiger partial charge in [-0.1, -0.05) is 48.5 Å². The Bertz CT molecular complexity index is 564. The first-order valence-electron chi connectivity index (χ1n) is 6.84. The molecule has 0 fully saturated rings. The lowest BCUT2D eigenvalue weighted by molar-refractivity contribution is 0.250. The van der Waals surface area contributed by atoms with E-state index in [-0.39, 0.29) is 12.1 Å². The number of hydrogen-bond donors (Lipinski definition) is 2. The van der Waals surface area contributed by atoms with E-state index in [9.17, 15) is 4.79 Å². The number of nitrogens with one attached hydrogen (secondary N) is 2. The zero-order valence-corrected chi connectivity index (χ0v) is 11.9. The number of benzene rings is 2. The van der Waals surface area contributed by atoms with Crippen LogP contribution >= 0.6 is 0 Å². The Morgan fingerprint density at radius 3 is 2.35 bits per heavy atom. The zero-order valence-electron chi connectivity index (χ0n) is 11.9. The van der Waals surface area contributed by atoms with Gasteiger partial charge in [-0.15, -0.1) is 0 Å². The molecule has 20 heavy (non-hydrogen) atoms. The molecule has 0 atom stereocenters. The van der Waals surface area contributed by atoms with E-state index in [1.165, 1.54) is 5.56 Å². The van der Waals surface area contributed by atoms with E-state index in [4.69, 9.17) is 0 Å². The Hall–Kier alpha value is -2.29. The number of hydrogen-bond acceptors (Lipinski definition) is 1. The van der Waals surface area contributed by atoms with Crippen molar-refractivity contribution < 1.29 is 4.79 Å². The molecule has 2 amide bonds. The minimum absolute atomic E-state index is 0.122. The predicted molar refractivity (Wildman–Crippen MR) is 83.0 cm³/mol. The fourth-order valence-corrected chi connectivity index (χ4v) is 2.03. The smallest absolute Gasteiger partial charge is 0.319 e. The molecule has 0 aromatic heterocycles. The van der Waals surface area contributed by atoms with Crippen LogP contribution in [0.25, 0.3) is 0 Å². The molecule has 0 saturated carbocycles. The van der Waals surface area contributed by atoms with E-state index in [0.29, 0.717) is 0 Å². The van der Waals surface area contributed by atoms with Crippen LogP contribution in [0.15, 0.2) is 54.6 Å². The Balaban J connectivity index is 2.12. The molecule has 2 aromatic rings. The highest BCUT2D eigenvalue weighted by Gasteiger charge is 2.07. The Morgan fingerprint density at radius 1 is 1.00 bits per heavy atom. The zero-order chi connectivity index (χ0) is 14.4. The molecule has 0 radical (unpaired) electrons. The summed E-state index contributed by atoms with van der Waals surface area (Å²) in [6.45, 7) is 3.88. The fourth-order valence-electron chi connectivity index (χ4n) is 2.03. The first-order valence-corrected chi connectivity index (χ1v) is 6.84. The lowest BCUT2D eigenvalue weighted by Crippen LogP contribution is -2.34. The first-order chi connectivity index (χ1) is 9.65. The topological polar surface area (TPSA) is 41.1 Å². The van der Waals surface area contributed by atoms with Gasteiger partial charge in [0, 0.05) is 11.7 Å². The molecule has 0 aliphatic carbocycles. The normalized spacial score (nSPS) is 10.3. The molecular weight excluding hydrogens is 248 g/mol. The monoisotopic (exact) mass is 268 g/mol. The van der Waals surface area contributed by atoms with E-state index in [2.05, 4.69) is 22.8 Å². The van der Waals surface area contributed by atoms with Crippen LogP contribution in [0.1, 0.15) is 25.0 Å². The maximum Gasteiger partial charge on any atom is 0.319 e. The van der Waals surface area contributed by atoms with Gasteiger partial charge in [-0.3, -0.25) is 0 Å². The largest absolute Gasteiger partial charge is 0.336 e. The first kappa shape index (κ1) is 14.1. The molecule has 2 rings (SSSR count). The van der Waals surface area contributed by atoms with Crippen molar-refractivity contribution in [3.05, 3.63) is 65.7 Å². The summed E-state index contributed by atoms with van der Waals surface area (Å²) in [7, 11) is 0. The molecule has 2 aromatic carbocycles. The van der Waals surface area contributed by atoms with E-state index in [1.54, 1.807) is 0 Å². The van der Waals surface area contributed by atoms with Gasteiger partial charge in [0.05, 0.1) is 0 Å². The molecule has 0 bridgehead atoms. The average Bonchev–Trinajstić information content (AvgIpc) is 2.41. The summed E-state index contributed by atoms with van der Waals surface area (Å²) in [5.41, 5.74) is 3.19. The molecule has 104 valence electrons. The molecule has 3 nitrogen and oxygen atoms in total.